The molecule has 0 aromatic heterocycles. The number of carbonyl (C=O) groups excluding carboxylic acids is 3. The van der Waals surface area contributed by atoms with Crippen LogP contribution in [0.5, 0.6) is 0 Å². The van der Waals surface area contributed by atoms with E-state index in [2.05, 4.69) is 16.0 Å². The third-order valence-corrected chi connectivity index (χ3v) is 2.96. The highest BCUT2D eigenvalue weighted by Gasteiger charge is 2.25. The first-order valence-corrected chi connectivity index (χ1v) is 7.07. The van der Waals surface area contributed by atoms with E-state index in [-0.39, 0.29) is 0 Å². The summed E-state index contributed by atoms with van der Waals surface area (Å²) in [5, 5.41) is 23.9. The van der Waals surface area contributed by atoms with Crippen LogP contribution < -0.4 is 21.7 Å². The molecule has 0 bridgehead atoms. The van der Waals surface area contributed by atoms with Gasteiger partial charge in [-0.25, -0.2) is 0 Å². The maximum Gasteiger partial charge on any atom is 0.325 e. The molecule has 11 nitrogen and oxygen atoms in total. The van der Waals surface area contributed by atoms with Crippen molar-refractivity contribution in [3.63, 3.8) is 0 Å². The van der Waals surface area contributed by atoms with Crippen molar-refractivity contribution in [2.75, 3.05) is 0 Å². The van der Waals surface area contributed by atoms with Crippen LogP contribution in [-0.2, 0) is 24.0 Å². The lowest BCUT2D eigenvalue weighted by atomic mass is 10.2. The summed E-state index contributed by atoms with van der Waals surface area (Å²) in [5.74, 6) is -4.73. The van der Waals surface area contributed by atoms with Gasteiger partial charge in [0.2, 0.25) is 17.7 Å². The summed E-state index contributed by atoms with van der Waals surface area (Å²) < 4.78 is 0. The number of hydrogen-bond acceptors (Lipinski definition) is 6. The van der Waals surface area contributed by atoms with Gasteiger partial charge in [0.15, 0.2) is 0 Å². The van der Waals surface area contributed by atoms with Crippen LogP contribution in [0.4, 0.5) is 0 Å². The van der Waals surface area contributed by atoms with Crippen LogP contribution in [0.1, 0.15) is 27.2 Å². The van der Waals surface area contributed by atoms with Gasteiger partial charge in [-0.1, -0.05) is 0 Å². The first kappa shape index (κ1) is 21.3. The number of nitrogens with one attached hydrogen (secondary N) is 3. The van der Waals surface area contributed by atoms with Crippen molar-refractivity contribution in [1.29, 1.82) is 0 Å². The minimum atomic E-state index is -1.31. The maximum atomic E-state index is 11.9. The maximum absolute atomic E-state index is 11.9. The van der Waals surface area contributed by atoms with Crippen LogP contribution in [0.2, 0.25) is 0 Å². The smallest absolute Gasteiger partial charge is 0.325 e. The van der Waals surface area contributed by atoms with Gasteiger partial charge in [-0.15, -0.1) is 0 Å². The van der Waals surface area contributed by atoms with Gasteiger partial charge in [0.25, 0.3) is 0 Å². The summed E-state index contributed by atoms with van der Waals surface area (Å²) >= 11 is 0. The molecule has 0 rings (SSSR count). The minimum absolute atomic E-state index is 0.591. The summed E-state index contributed by atoms with van der Waals surface area (Å²) in [7, 11) is 0. The normalized spacial score (nSPS) is 15.3. The Balaban J connectivity index is 4.48. The highest BCUT2D eigenvalue weighted by atomic mass is 16.4. The molecular weight excluding hydrogens is 324 g/mol. The van der Waals surface area contributed by atoms with Crippen LogP contribution in [-0.4, -0.2) is 64.0 Å². The highest BCUT2D eigenvalue weighted by Crippen LogP contribution is 1.93. The molecule has 4 atom stereocenters. The number of hydrogen-bond donors (Lipinski definition) is 6. The third kappa shape index (κ3) is 7.54. The summed E-state index contributed by atoms with van der Waals surface area (Å²) in [6.07, 6.45) is -0.591. The van der Waals surface area contributed by atoms with Crippen LogP contribution >= 0.6 is 0 Å². The van der Waals surface area contributed by atoms with Gasteiger partial charge in [0.05, 0.1) is 12.5 Å². The Morgan fingerprint density at radius 1 is 0.792 bits per heavy atom. The van der Waals surface area contributed by atoms with Crippen molar-refractivity contribution in [2.45, 2.75) is 51.4 Å². The average molecular weight is 346 g/mol. The standard InChI is InChI=1S/C13H22N4O7/c1-5(11(21)17-7(3)13(23)24)15-10(20)6(2)16-12(22)8(14)4-9(18)19/h5-8H,4,14H2,1-3H3,(H,15,20)(H,16,22)(H,17,21)(H,18,19)(H,23,24)/t5-,6-,7-,8-/m0/s1. The number of amides is 3. The van der Waals surface area contributed by atoms with Crippen molar-refractivity contribution in [3.05, 3.63) is 0 Å². The molecule has 0 saturated carbocycles. The fourth-order valence-corrected chi connectivity index (χ4v) is 1.47. The van der Waals surface area contributed by atoms with E-state index >= 15 is 0 Å². The Hall–Kier alpha value is -2.69. The monoisotopic (exact) mass is 346 g/mol. The number of carboxylic acid groups (broad SMARTS) is 2. The zero-order valence-corrected chi connectivity index (χ0v) is 13.5. The predicted molar refractivity (Wildman–Crippen MR) is 80.7 cm³/mol. The Labute approximate surface area is 138 Å². The molecule has 136 valence electrons. The second kappa shape index (κ2) is 9.45. The number of carbonyl (C=O) groups is 5. The fraction of sp³-hybridized carbons (Fsp3) is 0.615. The lowest BCUT2D eigenvalue weighted by Gasteiger charge is -2.20. The first-order valence-electron chi connectivity index (χ1n) is 7.07. The molecule has 0 radical (unpaired) electrons. The SMILES string of the molecule is C[C@H](NC(=O)[C@H](C)NC(=O)[C@H](C)NC(=O)[C@@H](N)CC(=O)O)C(=O)O. The van der Waals surface area contributed by atoms with E-state index in [0.29, 0.717) is 0 Å². The minimum Gasteiger partial charge on any atom is -0.481 e. The Morgan fingerprint density at radius 2 is 1.17 bits per heavy atom. The number of carboxylic acids is 2. The zero-order chi connectivity index (χ0) is 19.0. The molecule has 24 heavy (non-hydrogen) atoms. The number of nitrogens with two attached hydrogens (primary N) is 1. The molecule has 0 unspecified atom stereocenters. The van der Waals surface area contributed by atoms with Gasteiger partial charge >= 0.3 is 11.9 Å². The Bertz CT molecular complexity index is 522. The molecule has 0 aromatic carbocycles. The first-order chi connectivity index (χ1) is 11.0. The molecular formula is C13H22N4O7. The summed E-state index contributed by atoms with van der Waals surface area (Å²) in [6, 6.07) is -4.53. The number of rotatable bonds is 9. The molecule has 0 fully saturated rings. The average Bonchev–Trinajstić information content (AvgIpc) is 2.45. The predicted octanol–water partition coefficient (Wildman–Crippen LogP) is -2.61. The zero-order valence-electron chi connectivity index (χ0n) is 13.5. The van der Waals surface area contributed by atoms with Gasteiger partial charge in [0.1, 0.15) is 18.1 Å². The quantitative estimate of drug-likeness (QED) is 0.262. The van der Waals surface area contributed by atoms with E-state index in [9.17, 15) is 24.0 Å². The third-order valence-electron chi connectivity index (χ3n) is 2.96. The second-order valence-corrected chi connectivity index (χ2v) is 5.23. The molecule has 0 aliphatic rings. The Kier molecular flexibility index (Phi) is 8.39. The van der Waals surface area contributed by atoms with Crippen molar-refractivity contribution < 1.29 is 34.2 Å². The highest BCUT2D eigenvalue weighted by molar-refractivity contribution is 5.94. The fourth-order valence-electron chi connectivity index (χ4n) is 1.47. The number of aliphatic carboxylic acids is 2. The van der Waals surface area contributed by atoms with E-state index in [1.807, 2.05) is 0 Å². The van der Waals surface area contributed by atoms with Crippen molar-refractivity contribution >= 4 is 29.7 Å². The van der Waals surface area contributed by atoms with Crippen LogP contribution in [0.25, 0.3) is 0 Å². The molecule has 0 aromatic rings. The van der Waals surface area contributed by atoms with E-state index in [1.165, 1.54) is 20.8 Å². The van der Waals surface area contributed by atoms with E-state index in [1.54, 1.807) is 0 Å². The van der Waals surface area contributed by atoms with E-state index < -0.39 is 60.2 Å². The molecule has 0 spiro atoms. The molecule has 7 N–H and O–H groups in total. The molecule has 3 amide bonds. The van der Waals surface area contributed by atoms with Gasteiger partial charge in [-0.05, 0) is 20.8 Å². The van der Waals surface area contributed by atoms with Crippen LogP contribution in [0, 0.1) is 0 Å². The van der Waals surface area contributed by atoms with Crippen LogP contribution in [0.3, 0.4) is 0 Å². The lowest BCUT2D eigenvalue weighted by Crippen LogP contribution is -2.55. The second-order valence-electron chi connectivity index (χ2n) is 5.23. The van der Waals surface area contributed by atoms with Crippen molar-refractivity contribution in [2.24, 2.45) is 5.73 Å². The van der Waals surface area contributed by atoms with Crippen molar-refractivity contribution in [3.8, 4) is 0 Å². The Morgan fingerprint density at radius 3 is 1.54 bits per heavy atom. The molecule has 0 saturated heterocycles. The van der Waals surface area contributed by atoms with Gasteiger partial charge in [-0.3, -0.25) is 24.0 Å². The van der Waals surface area contributed by atoms with Gasteiger partial charge in [-0.2, -0.15) is 0 Å². The molecule has 0 aliphatic heterocycles. The van der Waals surface area contributed by atoms with Crippen molar-refractivity contribution in [1.82, 2.24) is 16.0 Å². The van der Waals surface area contributed by atoms with Gasteiger partial charge < -0.3 is 31.9 Å². The van der Waals surface area contributed by atoms with Gasteiger partial charge in [0, 0.05) is 0 Å². The van der Waals surface area contributed by atoms with E-state index in [4.69, 9.17) is 15.9 Å². The van der Waals surface area contributed by atoms with E-state index in [0.717, 1.165) is 0 Å². The molecule has 0 aliphatic carbocycles. The lowest BCUT2D eigenvalue weighted by molar-refractivity contribution is -0.141. The topological polar surface area (TPSA) is 188 Å². The summed E-state index contributed by atoms with van der Waals surface area (Å²) in [4.78, 5) is 56.3. The largest absolute Gasteiger partial charge is 0.481 e. The summed E-state index contributed by atoms with van der Waals surface area (Å²) in [6.45, 7) is 3.93. The summed E-state index contributed by atoms with van der Waals surface area (Å²) in [5.41, 5.74) is 5.35. The molecule has 11 heteroatoms. The molecule has 0 heterocycles. The van der Waals surface area contributed by atoms with Crippen LogP contribution in [0.15, 0.2) is 0 Å².